The molecule has 1 atom stereocenters. The Kier molecular flexibility index (Phi) is 3.93. The first-order valence-corrected chi connectivity index (χ1v) is 8.77. The van der Waals surface area contributed by atoms with Gasteiger partial charge in [0.25, 0.3) is 0 Å². The maximum atomic E-state index is 4.75. The minimum Gasteiger partial charge on any atom is -0.306 e. The monoisotopic (exact) mass is 325 g/mol. The van der Waals surface area contributed by atoms with Gasteiger partial charge in [0.1, 0.15) is 17.2 Å². The summed E-state index contributed by atoms with van der Waals surface area (Å²) in [5.74, 6) is 1.10. The van der Waals surface area contributed by atoms with Crippen LogP contribution in [0.15, 0.2) is 36.0 Å². The molecule has 23 heavy (non-hydrogen) atoms. The average Bonchev–Trinajstić information content (AvgIpc) is 3.22. The van der Waals surface area contributed by atoms with Crippen LogP contribution in [0.2, 0.25) is 0 Å². The van der Waals surface area contributed by atoms with Crippen molar-refractivity contribution in [2.75, 3.05) is 0 Å². The number of nitrogens with one attached hydrogen (secondary N) is 1. The highest BCUT2D eigenvalue weighted by atomic mass is 32.1. The number of hydrogen-bond acceptors (Lipinski definition) is 5. The number of aromatic nitrogens is 4. The second-order valence-electron chi connectivity index (χ2n) is 5.98. The number of aryl methyl sites for hydroxylation is 2. The highest BCUT2D eigenvalue weighted by molar-refractivity contribution is 7.13. The minimum atomic E-state index is 0.439. The molecule has 0 saturated heterocycles. The maximum absolute atomic E-state index is 4.75. The molecule has 1 N–H and O–H groups in total. The van der Waals surface area contributed by atoms with E-state index in [0.29, 0.717) is 6.04 Å². The van der Waals surface area contributed by atoms with Crippen LogP contribution >= 0.6 is 11.3 Å². The Morgan fingerprint density at radius 3 is 3.04 bits per heavy atom. The van der Waals surface area contributed by atoms with Crippen molar-refractivity contribution in [1.29, 1.82) is 0 Å². The van der Waals surface area contributed by atoms with Crippen molar-refractivity contribution in [2.45, 2.75) is 38.9 Å². The summed E-state index contributed by atoms with van der Waals surface area (Å²) in [6.07, 6.45) is 3.74. The lowest BCUT2D eigenvalue weighted by Gasteiger charge is -2.23. The molecule has 3 aromatic rings. The van der Waals surface area contributed by atoms with E-state index in [1.165, 1.54) is 11.1 Å². The van der Waals surface area contributed by atoms with Crippen molar-refractivity contribution in [3.05, 3.63) is 53.1 Å². The molecule has 0 saturated carbocycles. The van der Waals surface area contributed by atoms with Crippen LogP contribution in [0.5, 0.6) is 0 Å². The SMILES string of the molecule is Cc1ccc(-c2nc(CNC3CCc4ncnn4C3)cs2)cc1. The summed E-state index contributed by atoms with van der Waals surface area (Å²) in [6.45, 7) is 3.80. The fraction of sp³-hybridized carbons (Fsp3) is 0.353. The molecule has 4 rings (SSSR count). The highest BCUT2D eigenvalue weighted by Gasteiger charge is 2.19. The van der Waals surface area contributed by atoms with Gasteiger partial charge in [0.2, 0.25) is 0 Å². The van der Waals surface area contributed by atoms with Gasteiger partial charge < -0.3 is 5.32 Å². The first-order chi connectivity index (χ1) is 11.3. The summed E-state index contributed by atoms with van der Waals surface area (Å²) in [4.78, 5) is 9.02. The largest absolute Gasteiger partial charge is 0.306 e. The number of nitrogens with zero attached hydrogens (tertiary/aromatic N) is 4. The van der Waals surface area contributed by atoms with Crippen molar-refractivity contribution in [3.63, 3.8) is 0 Å². The van der Waals surface area contributed by atoms with Gasteiger partial charge in [-0.15, -0.1) is 11.3 Å². The Labute approximate surface area is 139 Å². The third-order valence-electron chi connectivity index (χ3n) is 4.23. The molecule has 0 bridgehead atoms. The van der Waals surface area contributed by atoms with Crippen molar-refractivity contribution in [2.24, 2.45) is 0 Å². The number of fused-ring (bicyclic) bond motifs is 1. The molecule has 0 amide bonds. The van der Waals surface area contributed by atoms with Crippen LogP contribution in [0.4, 0.5) is 0 Å². The van der Waals surface area contributed by atoms with Gasteiger partial charge >= 0.3 is 0 Å². The fourth-order valence-corrected chi connectivity index (χ4v) is 3.70. The van der Waals surface area contributed by atoms with E-state index in [-0.39, 0.29) is 0 Å². The Balaban J connectivity index is 1.38. The second-order valence-corrected chi connectivity index (χ2v) is 6.84. The van der Waals surface area contributed by atoms with Gasteiger partial charge in [-0.25, -0.2) is 14.6 Å². The van der Waals surface area contributed by atoms with Crippen molar-refractivity contribution >= 4 is 11.3 Å². The van der Waals surface area contributed by atoms with E-state index in [2.05, 4.69) is 52.0 Å². The first-order valence-electron chi connectivity index (χ1n) is 7.89. The van der Waals surface area contributed by atoms with Crippen LogP contribution in [0.1, 0.15) is 23.5 Å². The molecule has 1 aromatic carbocycles. The highest BCUT2D eigenvalue weighted by Crippen LogP contribution is 2.24. The van der Waals surface area contributed by atoms with E-state index < -0.39 is 0 Å². The molecule has 6 heteroatoms. The lowest BCUT2D eigenvalue weighted by molar-refractivity contribution is 0.357. The van der Waals surface area contributed by atoms with Crippen LogP contribution in [0, 0.1) is 6.92 Å². The van der Waals surface area contributed by atoms with Gasteiger partial charge in [-0.2, -0.15) is 5.10 Å². The molecule has 3 heterocycles. The molecule has 118 valence electrons. The number of hydrogen-bond donors (Lipinski definition) is 1. The number of thiazole rings is 1. The Hall–Kier alpha value is -2.05. The van der Waals surface area contributed by atoms with Crippen LogP contribution in [-0.4, -0.2) is 25.8 Å². The molecule has 0 fully saturated rings. The molecule has 0 spiro atoms. The van der Waals surface area contributed by atoms with Gasteiger partial charge in [0.15, 0.2) is 0 Å². The molecule has 5 nitrogen and oxygen atoms in total. The first kappa shape index (κ1) is 14.5. The van der Waals surface area contributed by atoms with Crippen LogP contribution in [-0.2, 0) is 19.5 Å². The van der Waals surface area contributed by atoms with Crippen molar-refractivity contribution < 1.29 is 0 Å². The molecule has 1 unspecified atom stereocenters. The lowest BCUT2D eigenvalue weighted by Crippen LogP contribution is -2.37. The molecule has 1 aliphatic rings. The third kappa shape index (κ3) is 3.18. The van der Waals surface area contributed by atoms with Gasteiger partial charge in [-0.05, 0) is 13.3 Å². The summed E-state index contributed by atoms with van der Waals surface area (Å²) < 4.78 is 2.00. The summed E-state index contributed by atoms with van der Waals surface area (Å²) in [7, 11) is 0. The maximum Gasteiger partial charge on any atom is 0.138 e. The lowest BCUT2D eigenvalue weighted by atomic mass is 10.1. The Bertz CT molecular complexity index is 789. The van der Waals surface area contributed by atoms with E-state index in [9.17, 15) is 0 Å². The molecule has 0 radical (unpaired) electrons. The Morgan fingerprint density at radius 2 is 2.17 bits per heavy atom. The van der Waals surface area contributed by atoms with Crippen molar-refractivity contribution in [3.8, 4) is 10.6 Å². The molecule has 0 aliphatic carbocycles. The smallest absolute Gasteiger partial charge is 0.138 e. The van der Waals surface area contributed by atoms with Gasteiger partial charge in [0, 0.05) is 30.0 Å². The zero-order valence-corrected chi connectivity index (χ0v) is 13.9. The third-order valence-corrected chi connectivity index (χ3v) is 5.17. The molecule has 1 aliphatic heterocycles. The van der Waals surface area contributed by atoms with E-state index in [4.69, 9.17) is 4.98 Å². The summed E-state index contributed by atoms with van der Waals surface area (Å²) >= 11 is 1.71. The van der Waals surface area contributed by atoms with E-state index in [1.807, 2.05) is 4.68 Å². The topological polar surface area (TPSA) is 55.6 Å². The normalized spacial score (nSPS) is 17.2. The molecular weight excluding hydrogens is 306 g/mol. The summed E-state index contributed by atoms with van der Waals surface area (Å²) in [6, 6.07) is 8.98. The molecule has 2 aromatic heterocycles. The number of rotatable bonds is 4. The number of benzene rings is 1. The predicted molar refractivity (Wildman–Crippen MR) is 91.3 cm³/mol. The predicted octanol–water partition coefficient (Wildman–Crippen LogP) is 2.81. The summed E-state index contributed by atoms with van der Waals surface area (Å²) in [5.41, 5.74) is 3.57. The zero-order valence-electron chi connectivity index (χ0n) is 13.1. The van der Waals surface area contributed by atoms with E-state index >= 15 is 0 Å². The average molecular weight is 325 g/mol. The standard InChI is InChI=1S/C17H19N5S/c1-12-2-4-13(5-3-12)17-21-15(10-23-17)8-18-14-6-7-16-19-11-20-22(16)9-14/h2-5,10-11,14,18H,6-9H2,1H3. The van der Waals surface area contributed by atoms with E-state index in [1.54, 1.807) is 17.7 Å². The van der Waals surface area contributed by atoms with Crippen LogP contribution < -0.4 is 5.32 Å². The molecular formula is C17H19N5S. The minimum absolute atomic E-state index is 0.439. The van der Waals surface area contributed by atoms with Gasteiger partial charge in [-0.1, -0.05) is 29.8 Å². The second kappa shape index (κ2) is 6.22. The quantitative estimate of drug-likeness (QED) is 0.801. The van der Waals surface area contributed by atoms with Gasteiger partial charge in [-0.3, -0.25) is 0 Å². The van der Waals surface area contributed by atoms with E-state index in [0.717, 1.165) is 42.5 Å². The van der Waals surface area contributed by atoms with Crippen LogP contribution in [0.3, 0.4) is 0 Å². The zero-order chi connectivity index (χ0) is 15.6. The fourth-order valence-electron chi connectivity index (χ4n) is 2.87. The Morgan fingerprint density at radius 1 is 1.30 bits per heavy atom. The van der Waals surface area contributed by atoms with Gasteiger partial charge in [0.05, 0.1) is 12.2 Å². The summed E-state index contributed by atoms with van der Waals surface area (Å²) in [5, 5.41) is 11.1. The van der Waals surface area contributed by atoms with Crippen molar-refractivity contribution in [1.82, 2.24) is 25.1 Å². The van der Waals surface area contributed by atoms with Crippen LogP contribution in [0.25, 0.3) is 10.6 Å².